The summed E-state index contributed by atoms with van der Waals surface area (Å²) in [4.78, 5) is 12.0. The van der Waals surface area contributed by atoms with Gasteiger partial charge >= 0.3 is 5.97 Å². The predicted molar refractivity (Wildman–Crippen MR) is 122 cm³/mol. The van der Waals surface area contributed by atoms with Crippen molar-refractivity contribution in [2.45, 2.75) is 4.90 Å². The molecule has 3 aromatic carbocycles. The van der Waals surface area contributed by atoms with Crippen LogP contribution in [0, 0.1) is 11.3 Å². The van der Waals surface area contributed by atoms with Gasteiger partial charge in [0.1, 0.15) is 11.0 Å². The number of carbonyl (C=O) groups is 1. The molecule has 0 unspecified atom stereocenters. The van der Waals surface area contributed by atoms with Gasteiger partial charge in [-0.1, -0.05) is 47.5 Å². The quantitative estimate of drug-likeness (QED) is 0.256. The largest absolute Gasteiger partial charge is 0.493 e. The minimum Gasteiger partial charge on any atom is -0.493 e. The molecule has 0 aromatic heterocycles. The van der Waals surface area contributed by atoms with Crippen LogP contribution in [0.5, 0.6) is 11.5 Å². The van der Waals surface area contributed by atoms with Crippen molar-refractivity contribution in [3.63, 3.8) is 0 Å². The molecule has 9 heteroatoms. The normalized spacial score (nSPS) is 11.5. The number of benzene rings is 3. The van der Waals surface area contributed by atoms with Gasteiger partial charge in [0.15, 0.2) is 11.5 Å². The number of nitrogens with zero attached hydrogens (tertiary/aromatic N) is 1. The Hall–Kier alpha value is -3.31. The van der Waals surface area contributed by atoms with E-state index in [1.165, 1.54) is 61.7 Å². The second-order valence-electron chi connectivity index (χ2n) is 6.36. The van der Waals surface area contributed by atoms with Gasteiger partial charge in [0.2, 0.25) is 9.84 Å². The second-order valence-corrected chi connectivity index (χ2v) is 9.12. The average Bonchev–Trinajstić information content (AvgIpc) is 2.78. The first-order chi connectivity index (χ1) is 15.3. The van der Waals surface area contributed by atoms with E-state index in [0.29, 0.717) is 10.6 Å². The minimum absolute atomic E-state index is 0.00478. The van der Waals surface area contributed by atoms with Crippen LogP contribution in [0.3, 0.4) is 0 Å². The lowest BCUT2D eigenvalue weighted by Crippen LogP contribution is -2.10. The summed E-state index contributed by atoms with van der Waals surface area (Å²) < 4.78 is 36.1. The molecule has 0 aliphatic rings. The molecule has 0 bridgehead atoms. The maximum absolute atomic E-state index is 12.7. The number of rotatable bonds is 6. The maximum Gasteiger partial charge on any atom is 0.345 e. The van der Waals surface area contributed by atoms with Gasteiger partial charge in [0.25, 0.3) is 0 Å². The highest BCUT2D eigenvalue weighted by atomic mass is 35.5. The van der Waals surface area contributed by atoms with E-state index >= 15 is 0 Å². The lowest BCUT2D eigenvalue weighted by Gasteiger charge is -2.11. The number of carbonyl (C=O) groups excluding carboxylic acids is 1. The van der Waals surface area contributed by atoms with Gasteiger partial charge in [0, 0.05) is 5.02 Å². The minimum atomic E-state index is -3.99. The molecule has 0 atom stereocenters. The number of methoxy groups -OCH3 is 1. The summed E-state index contributed by atoms with van der Waals surface area (Å²) in [6.45, 7) is 0. The SMILES string of the molecule is COc1cc(/C=C(\C#N)S(=O)(=O)c2ccccc2)ccc1OC(=O)c1ccc(Cl)cc1Cl. The van der Waals surface area contributed by atoms with E-state index in [0.717, 1.165) is 0 Å². The third kappa shape index (κ3) is 5.11. The number of halogens is 2. The highest BCUT2D eigenvalue weighted by molar-refractivity contribution is 7.95. The summed E-state index contributed by atoms with van der Waals surface area (Å²) in [5.74, 6) is -0.477. The van der Waals surface area contributed by atoms with Crippen LogP contribution >= 0.6 is 23.2 Å². The summed E-state index contributed by atoms with van der Waals surface area (Å²) in [5.41, 5.74) is 0.477. The first-order valence-electron chi connectivity index (χ1n) is 9.03. The van der Waals surface area contributed by atoms with Crippen molar-refractivity contribution in [2.75, 3.05) is 7.11 Å². The second kappa shape index (κ2) is 9.88. The van der Waals surface area contributed by atoms with E-state index in [4.69, 9.17) is 32.7 Å². The molecule has 162 valence electrons. The molecule has 0 aliphatic carbocycles. The molecule has 0 fully saturated rings. The van der Waals surface area contributed by atoms with E-state index in [2.05, 4.69) is 0 Å². The highest BCUT2D eigenvalue weighted by Crippen LogP contribution is 2.31. The van der Waals surface area contributed by atoms with Crippen molar-refractivity contribution < 1.29 is 22.7 Å². The molecule has 3 rings (SSSR count). The molecule has 32 heavy (non-hydrogen) atoms. The van der Waals surface area contributed by atoms with Gasteiger partial charge in [-0.15, -0.1) is 0 Å². The number of sulfone groups is 1. The number of nitriles is 1. The number of allylic oxidation sites excluding steroid dienone is 1. The predicted octanol–water partition coefficient (Wildman–Crippen LogP) is 5.56. The standard InChI is InChI=1S/C23H15Cl2NO5S/c1-30-22-12-15(11-18(14-26)32(28,29)17-5-3-2-4-6-17)7-10-21(22)31-23(27)19-9-8-16(24)13-20(19)25/h2-13H,1H3/b18-11+. The Morgan fingerprint density at radius 1 is 1.00 bits per heavy atom. The van der Waals surface area contributed by atoms with Crippen LogP contribution in [0.2, 0.25) is 10.0 Å². The van der Waals surface area contributed by atoms with Crippen LogP contribution < -0.4 is 9.47 Å². The number of esters is 1. The Morgan fingerprint density at radius 3 is 2.34 bits per heavy atom. The summed E-state index contributed by atoms with van der Waals surface area (Å²) in [6.07, 6.45) is 1.21. The lowest BCUT2D eigenvalue weighted by molar-refractivity contribution is 0.0730. The van der Waals surface area contributed by atoms with Crippen LogP contribution in [0.25, 0.3) is 6.08 Å². The van der Waals surface area contributed by atoms with Crippen molar-refractivity contribution >= 4 is 45.1 Å². The van der Waals surface area contributed by atoms with Gasteiger partial charge in [-0.25, -0.2) is 13.2 Å². The van der Waals surface area contributed by atoms with Gasteiger partial charge in [-0.3, -0.25) is 0 Å². The fraction of sp³-hybridized carbons (Fsp3) is 0.0435. The van der Waals surface area contributed by atoms with Gasteiger partial charge in [-0.2, -0.15) is 5.26 Å². The third-order valence-corrected chi connectivity index (χ3v) is 6.52. The number of ether oxygens (including phenoxy) is 2. The molecule has 3 aromatic rings. The molecule has 0 saturated carbocycles. The Bertz CT molecular complexity index is 1350. The van der Waals surface area contributed by atoms with Crippen LogP contribution in [0.1, 0.15) is 15.9 Å². The van der Waals surface area contributed by atoms with E-state index in [1.54, 1.807) is 24.3 Å². The maximum atomic E-state index is 12.7. The zero-order chi connectivity index (χ0) is 23.3. The topological polar surface area (TPSA) is 93.5 Å². The summed E-state index contributed by atoms with van der Waals surface area (Å²) in [7, 11) is -2.63. The Balaban J connectivity index is 1.92. The molecule has 0 radical (unpaired) electrons. The van der Waals surface area contributed by atoms with Crippen molar-refractivity contribution in [2.24, 2.45) is 0 Å². The van der Waals surface area contributed by atoms with Gasteiger partial charge in [0.05, 0.1) is 22.6 Å². The van der Waals surface area contributed by atoms with Crippen LogP contribution in [-0.4, -0.2) is 21.5 Å². The van der Waals surface area contributed by atoms with Crippen molar-refractivity contribution in [3.8, 4) is 17.6 Å². The smallest absolute Gasteiger partial charge is 0.345 e. The monoisotopic (exact) mass is 487 g/mol. The van der Waals surface area contributed by atoms with E-state index in [9.17, 15) is 18.5 Å². The van der Waals surface area contributed by atoms with Crippen molar-refractivity contribution in [3.05, 3.63) is 92.8 Å². The number of hydrogen-bond acceptors (Lipinski definition) is 6. The van der Waals surface area contributed by atoms with Crippen LogP contribution in [0.4, 0.5) is 0 Å². The molecule has 0 amide bonds. The molecular formula is C23H15Cl2NO5S. The third-order valence-electron chi connectivity index (χ3n) is 4.29. The average molecular weight is 488 g/mol. The summed E-state index contributed by atoms with van der Waals surface area (Å²) >= 11 is 11.9. The van der Waals surface area contributed by atoms with Crippen LogP contribution in [-0.2, 0) is 9.84 Å². The Kier molecular flexibility index (Phi) is 7.21. The van der Waals surface area contributed by atoms with Crippen molar-refractivity contribution in [1.29, 1.82) is 5.26 Å². The zero-order valence-electron chi connectivity index (χ0n) is 16.6. The fourth-order valence-corrected chi connectivity index (χ4v) is 4.38. The fourth-order valence-electron chi connectivity index (χ4n) is 2.72. The first kappa shape index (κ1) is 23.4. The molecule has 0 heterocycles. The summed E-state index contributed by atoms with van der Waals surface area (Å²) in [5, 5.41) is 9.94. The van der Waals surface area contributed by atoms with Crippen molar-refractivity contribution in [1.82, 2.24) is 0 Å². The molecule has 0 saturated heterocycles. The molecule has 0 N–H and O–H groups in total. The Labute approximate surface area is 195 Å². The van der Waals surface area contributed by atoms with E-state index < -0.39 is 20.7 Å². The van der Waals surface area contributed by atoms with Crippen LogP contribution in [0.15, 0.2) is 76.5 Å². The zero-order valence-corrected chi connectivity index (χ0v) is 18.9. The Morgan fingerprint density at radius 2 is 1.72 bits per heavy atom. The highest BCUT2D eigenvalue weighted by Gasteiger charge is 2.21. The molecular weight excluding hydrogens is 473 g/mol. The first-order valence-corrected chi connectivity index (χ1v) is 11.3. The van der Waals surface area contributed by atoms with E-state index in [1.807, 2.05) is 0 Å². The molecule has 6 nitrogen and oxygen atoms in total. The lowest BCUT2D eigenvalue weighted by atomic mass is 10.2. The molecule has 0 spiro atoms. The van der Waals surface area contributed by atoms with Gasteiger partial charge < -0.3 is 9.47 Å². The molecule has 0 aliphatic heterocycles. The number of hydrogen-bond donors (Lipinski definition) is 0. The van der Waals surface area contributed by atoms with E-state index in [-0.39, 0.29) is 27.0 Å². The summed E-state index contributed by atoms with van der Waals surface area (Å²) in [6, 6.07) is 18.1. The van der Waals surface area contributed by atoms with Gasteiger partial charge in [-0.05, 0) is 54.1 Å².